The Morgan fingerprint density at radius 2 is 2.16 bits per heavy atom. The second-order valence-electron chi connectivity index (χ2n) is 8.36. The van der Waals surface area contributed by atoms with Crippen LogP contribution in [0.25, 0.3) is 0 Å². The molecule has 17 heteroatoms. The number of aryl methyl sites for hydroxylation is 2. The molecule has 2 aromatic rings. The number of nitrogens with zero attached hydrogens (tertiary/aromatic N) is 7. The average molecular weight is 601 g/mol. The van der Waals surface area contributed by atoms with Crippen molar-refractivity contribution in [1.29, 1.82) is 0 Å². The van der Waals surface area contributed by atoms with Crippen LogP contribution in [0.4, 0.5) is 0 Å². The molecule has 0 bridgehead atoms. The highest BCUT2D eigenvalue weighted by Crippen LogP contribution is 2.47. The summed E-state index contributed by atoms with van der Waals surface area (Å²) in [5.41, 5.74) is -1.11. The molecule has 4 rings (SSSR count). The fourth-order valence-electron chi connectivity index (χ4n) is 3.87. The van der Waals surface area contributed by atoms with Crippen molar-refractivity contribution in [2.45, 2.75) is 61.7 Å². The number of aromatic nitrogens is 6. The lowest BCUT2D eigenvalue weighted by molar-refractivity contribution is -0.192. The van der Waals surface area contributed by atoms with Gasteiger partial charge in [0.1, 0.15) is 22.0 Å². The van der Waals surface area contributed by atoms with E-state index >= 15 is 0 Å². The zero-order valence-corrected chi connectivity index (χ0v) is 24.3. The third-order valence-electron chi connectivity index (χ3n) is 5.78. The van der Waals surface area contributed by atoms with Crippen molar-refractivity contribution in [3.8, 4) is 0 Å². The summed E-state index contributed by atoms with van der Waals surface area (Å²) in [5.74, 6) is -0.568. The predicted molar refractivity (Wildman–Crippen MR) is 145 cm³/mol. The molecular weight excluding hydrogens is 573 g/mol. The topological polar surface area (TPSA) is 165 Å². The van der Waals surface area contributed by atoms with Gasteiger partial charge in [-0.05, 0) is 28.7 Å². The van der Waals surface area contributed by atoms with Crippen molar-refractivity contribution in [1.82, 2.24) is 39.8 Å². The summed E-state index contributed by atoms with van der Waals surface area (Å²) in [4.78, 5) is 45.3. The van der Waals surface area contributed by atoms with Gasteiger partial charge in [0.15, 0.2) is 5.82 Å². The molecule has 1 unspecified atom stereocenters. The molecule has 0 aromatic carbocycles. The predicted octanol–water partition coefficient (Wildman–Crippen LogP) is 1.63. The summed E-state index contributed by atoms with van der Waals surface area (Å²) in [7, 11) is 1.33. The fourth-order valence-corrected chi connectivity index (χ4v) is 7.74. The molecule has 1 saturated heterocycles. The van der Waals surface area contributed by atoms with E-state index in [0.717, 1.165) is 24.3 Å². The Morgan fingerprint density at radius 3 is 2.84 bits per heavy atom. The Labute approximate surface area is 236 Å². The molecule has 1 fully saturated rings. The molecule has 0 radical (unpaired) electrons. The molecule has 13 nitrogen and oxygen atoms in total. The lowest BCUT2D eigenvalue weighted by atomic mass is 9.98. The number of hydrogen-bond donors (Lipinski definition) is 2. The maximum Gasteiger partial charge on any atom is 0.352 e. The number of thioether (sulfide) groups is 3. The van der Waals surface area contributed by atoms with E-state index in [2.05, 4.69) is 37.0 Å². The first kappa shape index (κ1) is 28.8. The van der Waals surface area contributed by atoms with E-state index < -0.39 is 28.9 Å². The molecule has 2 aliphatic heterocycles. The smallest absolute Gasteiger partial charge is 0.352 e. The summed E-state index contributed by atoms with van der Waals surface area (Å²) >= 11 is 5.31. The van der Waals surface area contributed by atoms with Gasteiger partial charge in [-0.25, -0.2) is 9.78 Å². The summed E-state index contributed by atoms with van der Waals surface area (Å²) in [6, 6.07) is 0. The zero-order chi connectivity index (χ0) is 27.3. The van der Waals surface area contributed by atoms with Crippen LogP contribution in [-0.2, 0) is 37.8 Å². The van der Waals surface area contributed by atoms with E-state index in [4.69, 9.17) is 4.74 Å². The zero-order valence-electron chi connectivity index (χ0n) is 21.1. The normalized spacial score (nSPS) is 20.9. The van der Waals surface area contributed by atoms with E-state index in [1.807, 2.05) is 6.92 Å². The highest BCUT2D eigenvalue weighted by Gasteiger charge is 2.66. The molecule has 0 spiro atoms. The quantitative estimate of drug-likeness (QED) is 0.183. The number of methoxy groups -OCH3 is 1. The number of β-lactam (4-membered cyclic amide) rings is 1. The number of amides is 2. The summed E-state index contributed by atoms with van der Waals surface area (Å²) in [6.07, 6.45) is 3.64. The van der Waals surface area contributed by atoms with E-state index in [1.54, 1.807) is 0 Å². The first-order chi connectivity index (χ1) is 18.3. The fraction of sp³-hybridized carbons (Fsp3) is 0.619. The number of hydrogen-bond acceptors (Lipinski definition) is 13. The van der Waals surface area contributed by atoms with Crippen molar-refractivity contribution in [2.24, 2.45) is 0 Å². The molecule has 2 atom stereocenters. The van der Waals surface area contributed by atoms with Crippen LogP contribution >= 0.6 is 46.8 Å². The van der Waals surface area contributed by atoms with Crippen LogP contribution in [0.3, 0.4) is 0 Å². The van der Waals surface area contributed by atoms with Crippen LogP contribution in [-0.4, -0.2) is 92.8 Å². The molecule has 206 valence electrons. The Bertz CT molecular complexity index is 1220. The van der Waals surface area contributed by atoms with Crippen molar-refractivity contribution in [3.63, 3.8) is 0 Å². The Hall–Kier alpha value is -2.21. The highest BCUT2D eigenvalue weighted by molar-refractivity contribution is 8.01. The van der Waals surface area contributed by atoms with Crippen molar-refractivity contribution >= 4 is 64.6 Å². The monoisotopic (exact) mass is 600 g/mol. The number of carboxylic acids is 1. The second kappa shape index (κ2) is 12.8. The Balaban J connectivity index is 1.38. The van der Waals surface area contributed by atoms with Gasteiger partial charge in [0.05, 0.1) is 5.75 Å². The second-order valence-corrected chi connectivity index (χ2v) is 12.2. The van der Waals surface area contributed by atoms with Gasteiger partial charge >= 0.3 is 5.97 Å². The van der Waals surface area contributed by atoms with Crippen LogP contribution in [0.5, 0.6) is 0 Å². The average Bonchev–Trinajstić information content (AvgIpc) is 3.57. The minimum absolute atomic E-state index is 0.0309. The van der Waals surface area contributed by atoms with Gasteiger partial charge in [-0.2, -0.15) is 9.17 Å². The lowest BCUT2D eigenvalue weighted by Gasteiger charge is -2.55. The number of carbonyl (C=O) groups is 3. The molecule has 2 amide bonds. The molecular formula is C21H28N8O5S4. The largest absolute Gasteiger partial charge is 0.477 e. The highest BCUT2D eigenvalue weighted by atomic mass is 32.2. The van der Waals surface area contributed by atoms with E-state index in [-0.39, 0.29) is 11.4 Å². The first-order valence-corrected chi connectivity index (χ1v) is 15.9. The van der Waals surface area contributed by atoms with Crippen LogP contribution in [0.2, 0.25) is 0 Å². The molecule has 2 N–H and O–H groups in total. The standard InChI is InChI=1S/C21H28N8O5S4/c1-4-6-7-15-22-20(26-38-15)37-9-12-8-36-19-21(34-3,18(33)29(19)16(12)17(31)32)23-14(30)10-35-11-28-25-13(5-2)24-27-28/h19H,4-11H2,1-3H3,(H,23,30)(H,31,32)/t19?,21-/m1/s1. The number of carbonyl (C=O) groups excluding carboxylic acids is 2. The van der Waals surface area contributed by atoms with Gasteiger partial charge in [-0.15, -0.1) is 33.7 Å². The van der Waals surface area contributed by atoms with Gasteiger partial charge in [0.25, 0.3) is 11.6 Å². The molecule has 4 heterocycles. The lowest BCUT2D eigenvalue weighted by Crippen LogP contribution is -2.80. The molecule has 0 saturated carbocycles. The van der Waals surface area contributed by atoms with Gasteiger partial charge in [0.2, 0.25) is 11.1 Å². The minimum Gasteiger partial charge on any atom is -0.477 e. The number of nitrogens with one attached hydrogen (secondary N) is 1. The molecule has 2 aliphatic rings. The Kier molecular flexibility index (Phi) is 9.67. The number of rotatable bonds is 14. The van der Waals surface area contributed by atoms with Crippen molar-refractivity contribution in [3.05, 3.63) is 22.1 Å². The van der Waals surface area contributed by atoms with Crippen LogP contribution in [0.15, 0.2) is 16.4 Å². The number of carboxylic acid groups (broad SMARTS) is 1. The molecule has 0 aliphatic carbocycles. The van der Waals surface area contributed by atoms with Crippen LogP contribution in [0, 0.1) is 0 Å². The number of unbranched alkanes of at least 4 members (excludes halogenated alkanes) is 1. The van der Waals surface area contributed by atoms with Crippen molar-refractivity contribution in [2.75, 3.05) is 24.4 Å². The number of tetrazole rings is 1. The number of fused-ring (bicyclic) bond motifs is 1. The van der Waals surface area contributed by atoms with Gasteiger partial charge < -0.3 is 15.2 Å². The Morgan fingerprint density at radius 1 is 1.34 bits per heavy atom. The number of aliphatic carboxylic acids is 1. The van der Waals surface area contributed by atoms with Crippen molar-refractivity contribution < 1.29 is 24.2 Å². The van der Waals surface area contributed by atoms with Gasteiger partial charge in [-0.3, -0.25) is 14.5 Å². The third kappa shape index (κ3) is 6.00. The number of ether oxygens (including phenoxy) is 1. The van der Waals surface area contributed by atoms with Crippen LogP contribution in [0.1, 0.15) is 37.5 Å². The summed E-state index contributed by atoms with van der Waals surface area (Å²) < 4.78 is 9.86. The van der Waals surface area contributed by atoms with Crippen LogP contribution < -0.4 is 5.32 Å². The van der Waals surface area contributed by atoms with Gasteiger partial charge in [-0.1, -0.05) is 32.0 Å². The van der Waals surface area contributed by atoms with E-state index in [9.17, 15) is 19.5 Å². The van der Waals surface area contributed by atoms with Gasteiger partial charge in [0, 0.05) is 31.5 Å². The maximum atomic E-state index is 13.3. The van der Waals surface area contributed by atoms with E-state index in [0.29, 0.717) is 40.4 Å². The molecule has 38 heavy (non-hydrogen) atoms. The molecule has 2 aromatic heterocycles. The minimum atomic E-state index is -1.63. The summed E-state index contributed by atoms with van der Waals surface area (Å²) in [6.45, 7) is 4.04. The summed E-state index contributed by atoms with van der Waals surface area (Å²) in [5, 5.41) is 25.5. The van der Waals surface area contributed by atoms with E-state index in [1.165, 1.54) is 63.6 Å². The maximum absolute atomic E-state index is 13.3. The third-order valence-corrected chi connectivity index (χ3v) is 9.85. The SMILES string of the molecule is CCCCc1nc(SCC2=C(C(=O)O)N3C(=O)[C@@](NC(=O)CSCn4nnc(CC)n4)(OC)C3SC2)ns1. The first-order valence-electron chi connectivity index (χ1n) is 11.9.